The highest BCUT2D eigenvalue weighted by Crippen LogP contribution is 2.19. The molecule has 0 aliphatic rings. The molecule has 0 aromatic heterocycles. The Morgan fingerprint density at radius 3 is 2.20 bits per heavy atom. The van der Waals surface area contributed by atoms with Crippen LogP contribution in [0.25, 0.3) is 0 Å². The van der Waals surface area contributed by atoms with E-state index in [2.05, 4.69) is 12.2 Å². The van der Waals surface area contributed by atoms with Crippen LogP contribution in [0.15, 0.2) is 24.3 Å². The molecule has 0 fully saturated rings. The Morgan fingerprint density at radius 2 is 1.70 bits per heavy atom. The van der Waals surface area contributed by atoms with Crippen LogP contribution in [-0.2, 0) is 22.4 Å². The summed E-state index contributed by atoms with van der Waals surface area (Å²) in [5.74, 6) is -0.919. The Kier molecular flexibility index (Phi) is 5.74. The second-order valence-corrected chi connectivity index (χ2v) is 5.64. The van der Waals surface area contributed by atoms with E-state index in [1.54, 1.807) is 13.8 Å². The van der Waals surface area contributed by atoms with E-state index in [0.717, 1.165) is 12.0 Å². The number of rotatable bonds is 7. The van der Waals surface area contributed by atoms with Crippen LogP contribution in [-0.4, -0.2) is 23.5 Å². The zero-order valence-electron chi connectivity index (χ0n) is 12.4. The number of nitrogens with one attached hydrogen (secondary N) is 1. The average molecular weight is 277 g/mol. The van der Waals surface area contributed by atoms with E-state index < -0.39 is 11.4 Å². The third-order valence-electron chi connectivity index (χ3n) is 3.45. The van der Waals surface area contributed by atoms with Crippen LogP contribution in [0.3, 0.4) is 0 Å². The number of aryl methyl sites for hydroxylation is 1. The zero-order chi connectivity index (χ0) is 15.2. The summed E-state index contributed by atoms with van der Waals surface area (Å²) in [4.78, 5) is 22.7. The van der Waals surface area contributed by atoms with Crippen LogP contribution >= 0.6 is 0 Å². The molecule has 0 aliphatic heterocycles. The SMILES string of the molecule is CCc1ccc(CC(=O)NCCC(C)(C)C(=O)O)cc1. The Bertz CT molecular complexity index is 463. The van der Waals surface area contributed by atoms with Gasteiger partial charge in [0.15, 0.2) is 0 Å². The van der Waals surface area contributed by atoms with Crippen molar-refractivity contribution in [2.24, 2.45) is 5.41 Å². The van der Waals surface area contributed by atoms with Gasteiger partial charge in [0.25, 0.3) is 0 Å². The summed E-state index contributed by atoms with van der Waals surface area (Å²) in [6.45, 7) is 5.78. The standard InChI is InChI=1S/C16H23NO3/c1-4-12-5-7-13(8-6-12)11-14(18)17-10-9-16(2,3)15(19)20/h5-8H,4,9-11H2,1-3H3,(H,17,18)(H,19,20). The van der Waals surface area contributed by atoms with Gasteiger partial charge in [-0.2, -0.15) is 0 Å². The minimum absolute atomic E-state index is 0.0737. The van der Waals surface area contributed by atoms with Gasteiger partial charge in [-0.05, 0) is 37.8 Å². The number of benzene rings is 1. The van der Waals surface area contributed by atoms with Crippen molar-refractivity contribution in [3.63, 3.8) is 0 Å². The van der Waals surface area contributed by atoms with Crippen molar-refractivity contribution in [1.29, 1.82) is 0 Å². The van der Waals surface area contributed by atoms with E-state index in [9.17, 15) is 9.59 Å². The van der Waals surface area contributed by atoms with Gasteiger partial charge in [-0.3, -0.25) is 9.59 Å². The van der Waals surface area contributed by atoms with Crippen LogP contribution in [0.2, 0.25) is 0 Å². The molecule has 2 N–H and O–H groups in total. The van der Waals surface area contributed by atoms with Gasteiger partial charge in [-0.1, -0.05) is 31.2 Å². The van der Waals surface area contributed by atoms with E-state index in [-0.39, 0.29) is 5.91 Å². The summed E-state index contributed by atoms with van der Waals surface area (Å²) >= 11 is 0. The lowest BCUT2D eigenvalue weighted by molar-refractivity contribution is -0.147. The maximum absolute atomic E-state index is 11.8. The first-order valence-corrected chi connectivity index (χ1v) is 6.93. The predicted molar refractivity (Wildman–Crippen MR) is 78.6 cm³/mol. The molecule has 4 heteroatoms. The molecule has 0 saturated carbocycles. The molecule has 20 heavy (non-hydrogen) atoms. The quantitative estimate of drug-likeness (QED) is 0.804. The largest absolute Gasteiger partial charge is 0.481 e. The molecule has 110 valence electrons. The van der Waals surface area contributed by atoms with Crippen LogP contribution < -0.4 is 5.32 Å². The fourth-order valence-corrected chi connectivity index (χ4v) is 1.76. The Labute approximate surface area is 120 Å². The van der Waals surface area contributed by atoms with Crippen LogP contribution in [0.4, 0.5) is 0 Å². The van der Waals surface area contributed by atoms with E-state index in [0.29, 0.717) is 19.4 Å². The van der Waals surface area contributed by atoms with Crippen molar-refractivity contribution in [3.05, 3.63) is 35.4 Å². The van der Waals surface area contributed by atoms with Crippen LogP contribution in [0.5, 0.6) is 0 Å². The number of carbonyl (C=O) groups excluding carboxylic acids is 1. The lowest BCUT2D eigenvalue weighted by atomic mass is 9.90. The van der Waals surface area contributed by atoms with E-state index in [1.807, 2.05) is 24.3 Å². The predicted octanol–water partition coefficient (Wildman–Crippen LogP) is 2.41. The second kappa shape index (κ2) is 7.08. The molecule has 0 heterocycles. The highest BCUT2D eigenvalue weighted by atomic mass is 16.4. The fourth-order valence-electron chi connectivity index (χ4n) is 1.76. The molecule has 4 nitrogen and oxygen atoms in total. The molecule has 1 rings (SSSR count). The molecule has 0 saturated heterocycles. The van der Waals surface area contributed by atoms with Gasteiger partial charge in [-0.15, -0.1) is 0 Å². The molecular formula is C16H23NO3. The molecular weight excluding hydrogens is 254 g/mol. The summed E-state index contributed by atoms with van der Waals surface area (Å²) in [6, 6.07) is 7.96. The van der Waals surface area contributed by atoms with Gasteiger partial charge in [-0.25, -0.2) is 0 Å². The molecule has 0 radical (unpaired) electrons. The first kappa shape index (κ1) is 16.2. The van der Waals surface area contributed by atoms with Crippen molar-refractivity contribution < 1.29 is 14.7 Å². The fraction of sp³-hybridized carbons (Fsp3) is 0.500. The Balaban J connectivity index is 2.38. The van der Waals surface area contributed by atoms with E-state index in [4.69, 9.17) is 5.11 Å². The number of carboxylic acids is 1. The van der Waals surface area contributed by atoms with Gasteiger partial charge in [0.2, 0.25) is 5.91 Å². The smallest absolute Gasteiger partial charge is 0.309 e. The molecule has 0 unspecified atom stereocenters. The Hall–Kier alpha value is -1.84. The number of hydrogen-bond acceptors (Lipinski definition) is 2. The highest BCUT2D eigenvalue weighted by Gasteiger charge is 2.26. The van der Waals surface area contributed by atoms with Crippen molar-refractivity contribution in [2.45, 2.75) is 40.0 Å². The first-order chi connectivity index (χ1) is 9.35. The maximum Gasteiger partial charge on any atom is 0.309 e. The number of aliphatic carboxylic acids is 1. The van der Waals surface area contributed by atoms with E-state index >= 15 is 0 Å². The van der Waals surface area contributed by atoms with Gasteiger partial charge >= 0.3 is 5.97 Å². The normalized spacial score (nSPS) is 11.2. The van der Waals surface area contributed by atoms with Crippen LogP contribution in [0.1, 0.15) is 38.3 Å². The lowest BCUT2D eigenvalue weighted by Gasteiger charge is -2.18. The van der Waals surface area contributed by atoms with Gasteiger partial charge in [0.05, 0.1) is 11.8 Å². The maximum atomic E-state index is 11.8. The third kappa shape index (κ3) is 5.03. The van der Waals surface area contributed by atoms with Crippen molar-refractivity contribution in [1.82, 2.24) is 5.32 Å². The lowest BCUT2D eigenvalue weighted by Crippen LogP contribution is -2.32. The van der Waals surface area contributed by atoms with Crippen molar-refractivity contribution in [3.8, 4) is 0 Å². The highest BCUT2D eigenvalue weighted by molar-refractivity contribution is 5.78. The molecule has 0 aliphatic carbocycles. The molecule has 0 atom stereocenters. The van der Waals surface area contributed by atoms with Crippen molar-refractivity contribution in [2.75, 3.05) is 6.54 Å². The Morgan fingerprint density at radius 1 is 1.15 bits per heavy atom. The topological polar surface area (TPSA) is 66.4 Å². The molecule has 0 spiro atoms. The molecule has 0 bridgehead atoms. The second-order valence-electron chi connectivity index (χ2n) is 5.64. The summed E-state index contributed by atoms with van der Waals surface area (Å²) in [7, 11) is 0. The number of amides is 1. The van der Waals surface area contributed by atoms with Crippen LogP contribution in [0, 0.1) is 5.41 Å². The number of carbonyl (C=O) groups is 2. The summed E-state index contributed by atoms with van der Waals surface area (Å²) in [5.41, 5.74) is 1.41. The molecule has 1 amide bonds. The summed E-state index contributed by atoms with van der Waals surface area (Å²) < 4.78 is 0. The molecule has 1 aromatic rings. The summed E-state index contributed by atoms with van der Waals surface area (Å²) in [5, 5.41) is 11.7. The minimum Gasteiger partial charge on any atom is -0.481 e. The first-order valence-electron chi connectivity index (χ1n) is 6.93. The van der Waals surface area contributed by atoms with Gasteiger partial charge in [0.1, 0.15) is 0 Å². The third-order valence-corrected chi connectivity index (χ3v) is 3.45. The zero-order valence-corrected chi connectivity index (χ0v) is 12.4. The molecule has 1 aromatic carbocycles. The van der Waals surface area contributed by atoms with Gasteiger partial charge < -0.3 is 10.4 Å². The van der Waals surface area contributed by atoms with Crippen molar-refractivity contribution >= 4 is 11.9 Å². The number of carboxylic acid groups (broad SMARTS) is 1. The monoisotopic (exact) mass is 277 g/mol. The summed E-state index contributed by atoms with van der Waals surface area (Å²) in [6.07, 6.45) is 1.73. The van der Waals surface area contributed by atoms with E-state index in [1.165, 1.54) is 5.56 Å². The number of hydrogen-bond donors (Lipinski definition) is 2. The van der Waals surface area contributed by atoms with Gasteiger partial charge in [0, 0.05) is 6.54 Å². The minimum atomic E-state index is -0.845. The average Bonchev–Trinajstić information content (AvgIpc) is 2.39.